The normalized spacial score (nSPS) is 27.0. The van der Waals surface area contributed by atoms with E-state index >= 15 is 0 Å². The molecule has 1 saturated heterocycles. The molecule has 0 bridgehead atoms. The zero-order valence-electron chi connectivity index (χ0n) is 23.2. The van der Waals surface area contributed by atoms with Crippen LogP contribution in [-0.4, -0.2) is 72.3 Å². The molecule has 3 heterocycles. The SMILES string of the molecule is CC(NP(=S)(OC[C@H]1O[C@@H](n2cnc3c(=O)[nH]c(N)nc32)[C@](C)(O)[C@@H]1O)Oc1ccccc1)C(=O)OC1CCCCC1. The van der Waals surface area contributed by atoms with Gasteiger partial charge in [-0.25, -0.2) is 10.1 Å². The number of nitrogens with one attached hydrogen (secondary N) is 2. The van der Waals surface area contributed by atoms with Gasteiger partial charge in [0.2, 0.25) is 5.95 Å². The van der Waals surface area contributed by atoms with Gasteiger partial charge in [0.15, 0.2) is 17.4 Å². The van der Waals surface area contributed by atoms with E-state index in [0.29, 0.717) is 5.75 Å². The van der Waals surface area contributed by atoms with Crippen molar-refractivity contribution in [3.63, 3.8) is 0 Å². The predicted octanol–water partition coefficient (Wildman–Crippen LogP) is 1.89. The zero-order valence-corrected chi connectivity index (χ0v) is 24.9. The largest absolute Gasteiger partial charge is 0.461 e. The van der Waals surface area contributed by atoms with Crippen LogP contribution in [0.5, 0.6) is 5.75 Å². The molecule has 42 heavy (non-hydrogen) atoms. The Hall–Kier alpha value is -2.91. The Morgan fingerprint density at radius 2 is 2.05 bits per heavy atom. The van der Waals surface area contributed by atoms with E-state index in [2.05, 4.69) is 20.0 Å². The van der Waals surface area contributed by atoms with E-state index in [1.807, 2.05) is 6.07 Å². The summed E-state index contributed by atoms with van der Waals surface area (Å²) in [6, 6.07) is 7.90. The second-order valence-corrected chi connectivity index (χ2v) is 13.9. The maximum absolute atomic E-state index is 12.9. The van der Waals surface area contributed by atoms with Crippen LogP contribution in [0.3, 0.4) is 0 Å². The lowest BCUT2D eigenvalue weighted by Gasteiger charge is -2.29. The highest BCUT2D eigenvalue weighted by atomic mass is 32.5. The van der Waals surface area contributed by atoms with E-state index in [1.165, 1.54) is 17.8 Å². The number of imidazole rings is 1. The maximum Gasteiger partial charge on any atom is 0.323 e. The molecule has 0 spiro atoms. The number of aliphatic hydroxyl groups excluding tert-OH is 1. The van der Waals surface area contributed by atoms with E-state index in [-0.39, 0.29) is 29.8 Å². The Morgan fingerprint density at radius 3 is 2.76 bits per heavy atom. The number of carbonyl (C=O) groups excluding carboxylic acids is 1. The number of benzene rings is 1. The molecule has 0 amide bonds. The molecular weight excluding hydrogens is 587 g/mol. The maximum atomic E-state index is 12.9. The van der Waals surface area contributed by atoms with Crippen LogP contribution in [0.1, 0.15) is 52.2 Å². The van der Waals surface area contributed by atoms with Gasteiger partial charge in [-0.05, 0) is 63.5 Å². The molecule has 2 aliphatic rings. The fraction of sp³-hybridized carbons (Fsp3) is 0.538. The lowest BCUT2D eigenvalue weighted by molar-refractivity contribution is -0.152. The number of hydrogen-bond acceptors (Lipinski definition) is 12. The minimum absolute atomic E-state index is 0.0112. The van der Waals surface area contributed by atoms with Gasteiger partial charge in [0, 0.05) is 0 Å². The molecule has 1 aromatic carbocycles. The number of aliphatic hydroxyl groups is 2. The number of para-hydroxylation sites is 1. The lowest BCUT2D eigenvalue weighted by atomic mass is 9.96. The Kier molecular flexibility index (Phi) is 8.99. The molecule has 1 aliphatic heterocycles. The van der Waals surface area contributed by atoms with E-state index in [1.54, 1.807) is 31.2 Å². The number of aromatic amines is 1. The van der Waals surface area contributed by atoms with E-state index < -0.39 is 48.2 Å². The quantitative estimate of drug-likeness (QED) is 0.163. The third kappa shape index (κ3) is 6.52. The molecule has 2 fully saturated rings. The minimum atomic E-state index is -3.44. The summed E-state index contributed by atoms with van der Waals surface area (Å²) in [6.07, 6.45) is 2.20. The second-order valence-electron chi connectivity index (χ2n) is 10.7. The number of aromatic nitrogens is 4. The highest BCUT2D eigenvalue weighted by molar-refractivity contribution is 8.09. The summed E-state index contributed by atoms with van der Waals surface area (Å²) >= 11 is 5.79. The van der Waals surface area contributed by atoms with Crippen LogP contribution in [-0.2, 0) is 30.6 Å². The second kappa shape index (κ2) is 12.4. The highest BCUT2D eigenvalue weighted by Gasteiger charge is 2.54. The van der Waals surface area contributed by atoms with Crippen LogP contribution >= 0.6 is 6.64 Å². The molecule has 6 N–H and O–H groups in total. The fourth-order valence-corrected chi connectivity index (χ4v) is 7.53. The number of esters is 1. The summed E-state index contributed by atoms with van der Waals surface area (Å²) in [4.78, 5) is 35.7. The first-order valence-corrected chi connectivity index (χ1v) is 16.4. The smallest absolute Gasteiger partial charge is 0.323 e. The van der Waals surface area contributed by atoms with Crippen LogP contribution in [0.2, 0.25) is 0 Å². The molecule has 3 aromatic rings. The number of H-pyrrole nitrogens is 1. The molecule has 1 saturated carbocycles. The molecule has 0 radical (unpaired) electrons. The molecule has 228 valence electrons. The number of hydrogen-bond donors (Lipinski definition) is 5. The van der Waals surface area contributed by atoms with Crippen LogP contribution in [0.25, 0.3) is 11.2 Å². The van der Waals surface area contributed by atoms with Crippen molar-refractivity contribution in [2.45, 2.75) is 82.1 Å². The van der Waals surface area contributed by atoms with Gasteiger partial charge in [-0.15, -0.1) is 0 Å². The van der Waals surface area contributed by atoms with Gasteiger partial charge < -0.3 is 34.5 Å². The number of fused-ring (bicyclic) bond motifs is 1. The summed E-state index contributed by atoms with van der Waals surface area (Å²) in [6.45, 7) is -0.749. The van der Waals surface area contributed by atoms with Crippen LogP contribution in [0.15, 0.2) is 41.5 Å². The first-order chi connectivity index (χ1) is 20.0. The van der Waals surface area contributed by atoms with E-state index in [4.69, 9.17) is 36.1 Å². The van der Waals surface area contributed by atoms with Crippen molar-refractivity contribution >= 4 is 41.5 Å². The molecule has 6 atom stereocenters. The van der Waals surface area contributed by atoms with Gasteiger partial charge in [0.05, 0.1) is 12.9 Å². The minimum Gasteiger partial charge on any atom is -0.461 e. The molecule has 2 unspecified atom stereocenters. The Morgan fingerprint density at radius 1 is 1.33 bits per heavy atom. The van der Waals surface area contributed by atoms with Gasteiger partial charge in [0.25, 0.3) is 5.56 Å². The summed E-state index contributed by atoms with van der Waals surface area (Å²) in [5.41, 5.74) is 3.35. The van der Waals surface area contributed by atoms with Crippen LogP contribution in [0.4, 0.5) is 5.95 Å². The Bertz CT molecular complexity index is 1510. The Balaban J connectivity index is 1.32. The lowest BCUT2D eigenvalue weighted by Crippen LogP contribution is -2.44. The van der Waals surface area contributed by atoms with Crippen molar-refractivity contribution < 1.29 is 33.5 Å². The van der Waals surface area contributed by atoms with Crippen molar-refractivity contribution in [2.75, 3.05) is 12.3 Å². The Labute approximate surface area is 246 Å². The fourth-order valence-electron chi connectivity index (χ4n) is 5.11. The molecule has 1 aliphatic carbocycles. The van der Waals surface area contributed by atoms with Crippen molar-refractivity contribution in [1.29, 1.82) is 0 Å². The van der Waals surface area contributed by atoms with Crippen molar-refractivity contribution in [1.82, 2.24) is 24.6 Å². The number of nitrogen functional groups attached to an aromatic ring is 1. The molecule has 14 nitrogen and oxygen atoms in total. The summed E-state index contributed by atoms with van der Waals surface area (Å²) < 4.78 is 25.1. The molecule has 16 heteroatoms. The highest BCUT2D eigenvalue weighted by Crippen LogP contribution is 2.47. The van der Waals surface area contributed by atoms with E-state index in [0.717, 1.165) is 32.1 Å². The van der Waals surface area contributed by atoms with Gasteiger partial charge in [0.1, 0.15) is 35.7 Å². The van der Waals surface area contributed by atoms with Crippen molar-refractivity contribution in [2.24, 2.45) is 0 Å². The van der Waals surface area contributed by atoms with Crippen molar-refractivity contribution in [3.8, 4) is 5.75 Å². The molecule has 2 aromatic heterocycles. The summed E-state index contributed by atoms with van der Waals surface area (Å²) in [7, 11) is 0. The monoisotopic (exact) mass is 622 g/mol. The number of carbonyl (C=O) groups is 1. The third-order valence-electron chi connectivity index (χ3n) is 7.38. The van der Waals surface area contributed by atoms with Gasteiger partial charge in [-0.2, -0.15) is 4.98 Å². The third-order valence-corrected chi connectivity index (χ3v) is 9.88. The standard InChI is InChI=1S/C26H35N6O8PS/c1-15(23(35)38-16-9-5-3-6-10-16)31-41(42,40-17-11-7-4-8-12-17)37-13-18-20(33)26(2,36)24(39-18)32-14-28-19-21(32)29-25(27)30-22(19)34/h4,7-8,11-12,14-16,18,20,24,33,36H,3,5-6,9-10,13H2,1-2H3,(H,31,42)(H3,27,29,30,34)/t15?,18-,20-,24-,26-,41?/m1/s1. The topological polar surface area (TPSA) is 196 Å². The zero-order chi connectivity index (χ0) is 30.1. The number of nitrogens with two attached hydrogens (primary N) is 1. The number of rotatable bonds is 10. The summed E-state index contributed by atoms with van der Waals surface area (Å²) in [5, 5.41) is 25.3. The first-order valence-electron chi connectivity index (χ1n) is 13.7. The average molecular weight is 623 g/mol. The summed E-state index contributed by atoms with van der Waals surface area (Å²) in [5.74, 6) is -0.198. The van der Waals surface area contributed by atoms with Gasteiger partial charge in [-0.3, -0.25) is 19.1 Å². The van der Waals surface area contributed by atoms with Gasteiger partial charge >= 0.3 is 12.6 Å². The van der Waals surface area contributed by atoms with Gasteiger partial charge in [-0.1, -0.05) is 24.6 Å². The van der Waals surface area contributed by atoms with Crippen molar-refractivity contribution in [3.05, 3.63) is 47.0 Å². The molecule has 5 rings (SSSR count). The predicted molar refractivity (Wildman–Crippen MR) is 156 cm³/mol. The average Bonchev–Trinajstić information content (AvgIpc) is 3.46. The van der Waals surface area contributed by atoms with Crippen LogP contribution < -0.4 is 20.9 Å². The number of nitrogens with zero attached hydrogens (tertiary/aromatic N) is 3. The first kappa shape index (κ1) is 30.5. The number of anilines is 1. The van der Waals surface area contributed by atoms with E-state index in [9.17, 15) is 19.8 Å². The number of ether oxygens (including phenoxy) is 2. The van der Waals surface area contributed by atoms with Crippen LogP contribution in [0, 0.1) is 0 Å². The molecular formula is C26H35N6O8PS.